The van der Waals surface area contributed by atoms with Crippen molar-refractivity contribution in [1.29, 1.82) is 0 Å². The largest absolute Gasteiger partial charge is 0.507 e. The summed E-state index contributed by atoms with van der Waals surface area (Å²) >= 11 is 0. The molecular formula is C13H20O. The quantitative estimate of drug-likeness (QED) is 0.766. The molecule has 0 saturated heterocycles. The van der Waals surface area contributed by atoms with Crippen molar-refractivity contribution in [2.45, 2.75) is 46.0 Å². The fourth-order valence-corrected chi connectivity index (χ4v) is 1.66. The van der Waals surface area contributed by atoms with Gasteiger partial charge in [0.25, 0.3) is 0 Å². The van der Waals surface area contributed by atoms with Crippen molar-refractivity contribution in [2.24, 2.45) is 0 Å². The molecule has 78 valence electrons. The molecule has 1 heteroatoms. The topological polar surface area (TPSA) is 20.2 Å². The maximum atomic E-state index is 10.1. The van der Waals surface area contributed by atoms with E-state index in [1.54, 1.807) is 0 Å². The molecule has 1 nitrogen and oxygen atoms in total. The minimum absolute atomic E-state index is 0.388. The summed E-state index contributed by atoms with van der Waals surface area (Å²) in [6.07, 6.45) is 1.06. The van der Waals surface area contributed by atoms with Crippen molar-refractivity contribution in [3.05, 3.63) is 29.3 Å². The zero-order valence-corrected chi connectivity index (χ0v) is 9.54. The van der Waals surface area contributed by atoms with E-state index in [1.165, 1.54) is 0 Å². The van der Waals surface area contributed by atoms with Gasteiger partial charge in [-0.2, -0.15) is 0 Å². The van der Waals surface area contributed by atoms with E-state index in [4.69, 9.17) is 0 Å². The maximum Gasteiger partial charge on any atom is 0.122 e. The first-order chi connectivity index (χ1) is 6.57. The second kappa shape index (κ2) is 4.50. The van der Waals surface area contributed by atoms with Gasteiger partial charge in [-0.15, -0.1) is 0 Å². The third-order valence-corrected chi connectivity index (χ3v) is 2.86. The number of aromatic hydroxyl groups is 1. The number of phenolic OH excluding ortho intramolecular Hbond substituents is 1. The van der Waals surface area contributed by atoms with Crippen molar-refractivity contribution in [2.75, 3.05) is 0 Å². The summed E-state index contributed by atoms with van der Waals surface area (Å²) in [5.74, 6) is 1.32. The van der Waals surface area contributed by atoms with Crippen LogP contribution in [0.4, 0.5) is 0 Å². The molecule has 1 aromatic carbocycles. The Bertz CT molecular complexity index is 302. The minimum atomic E-state index is 0.388. The number of para-hydroxylation sites is 1. The normalized spacial score (nSPS) is 13.2. The molecule has 1 rings (SSSR count). The highest BCUT2D eigenvalue weighted by atomic mass is 16.3. The summed E-state index contributed by atoms with van der Waals surface area (Å²) < 4.78 is 0. The monoisotopic (exact) mass is 192 g/mol. The van der Waals surface area contributed by atoms with Gasteiger partial charge in [-0.05, 0) is 29.4 Å². The molecule has 0 amide bonds. The number of rotatable bonds is 3. The van der Waals surface area contributed by atoms with Gasteiger partial charge in [0, 0.05) is 0 Å². The number of hydrogen-bond donors (Lipinski definition) is 1. The fraction of sp³-hybridized carbons (Fsp3) is 0.538. The van der Waals surface area contributed by atoms with E-state index in [0.29, 0.717) is 17.6 Å². The maximum absolute atomic E-state index is 10.1. The third kappa shape index (κ3) is 2.09. The molecule has 1 N–H and O–H groups in total. The van der Waals surface area contributed by atoms with Gasteiger partial charge in [0.1, 0.15) is 5.75 Å². The highest BCUT2D eigenvalue weighted by molar-refractivity contribution is 5.43. The van der Waals surface area contributed by atoms with Crippen LogP contribution in [0.25, 0.3) is 0 Å². The average molecular weight is 192 g/mol. The van der Waals surface area contributed by atoms with E-state index >= 15 is 0 Å². The Morgan fingerprint density at radius 3 is 2.21 bits per heavy atom. The highest BCUT2D eigenvalue weighted by Crippen LogP contribution is 2.34. The van der Waals surface area contributed by atoms with Crippen LogP contribution in [0.1, 0.15) is 57.1 Å². The van der Waals surface area contributed by atoms with Gasteiger partial charge < -0.3 is 5.11 Å². The Morgan fingerprint density at radius 2 is 1.71 bits per heavy atom. The Kier molecular flexibility index (Phi) is 3.56. The van der Waals surface area contributed by atoms with Gasteiger partial charge in [-0.1, -0.05) is 45.9 Å². The zero-order chi connectivity index (χ0) is 10.7. The second-order valence-corrected chi connectivity index (χ2v) is 4.25. The minimum Gasteiger partial charge on any atom is -0.507 e. The molecule has 0 aliphatic carbocycles. The number of hydrogen-bond acceptors (Lipinski definition) is 1. The average Bonchev–Trinajstić information content (AvgIpc) is 2.16. The van der Waals surface area contributed by atoms with Gasteiger partial charge in [-0.25, -0.2) is 0 Å². The van der Waals surface area contributed by atoms with Crippen LogP contribution in [0, 0.1) is 0 Å². The van der Waals surface area contributed by atoms with Crippen LogP contribution in [0.3, 0.4) is 0 Å². The van der Waals surface area contributed by atoms with Crippen LogP contribution in [0.2, 0.25) is 0 Å². The number of phenols is 1. The third-order valence-electron chi connectivity index (χ3n) is 2.86. The predicted molar refractivity (Wildman–Crippen MR) is 60.9 cm³/mol. The molecule has 1 aromatic rings. The lowest BCUT2D eigenvalue weighted by Gasteiger charge is -2.16. The molecular weight excluding hydrogens is 172 g/mol. The molecule has 0 spiro atoms. The highest BCUT2D eigenvalue weighted by Gasteiger charge is 2.13. The summed E-state index contributed by atoms with van der Waals surface area (Å²) in [6, 6.07) is 6.07. The molecule has 0 unspecified atom stereocenters. The molecule has 0 aromatic heterocycles. The van der Waals surface area contributed by atoms with Gasteiger partial charge in [-0.3, -0.25) is 0 Å². The molecule has 0 fully saturated rings. The van der Waals surface area contributed by atoms with E-state index in [1.807, 2.05) is 18.2 Å². The van der Waals surface area contributed by atoms with E-state index in [2.05, 4.69) is 27.7 Å². The SMILES string of the molecule is CC[C@@H](C)c1cccc(C(C)C)c1O. The zero-order valence-electron chi connectivity index (χ0n) is 9.54. The van der Waals surface area contributed by atoms with Crippen molar-refractivity contribution in [3.8, 4) is 5.75 Å². The van der Waals surface area contributed by atoms with Gasteiger partial charge >= 0.3 is 0 Å². The summed E-state index contributed by atoms with van der Waals surface area (Å²) in [7, 11) is 0. The molecule has 0 radical (unpaired) electrons. The van der Waals surface area contributed by atoms with Crippen LogP contribution >= 0.6 is 0 Å². The molecule has 0 bridgehead atoms. The van der Waals surface area contributed by atoms with Crippen molar-refractivity contribution in [3.63, 3.8) is 0 Å². The second-order valence-electron chi connectivity index (χ2n) is 4.25. The van der Waals surface area contributed by atoms with E-state index in [-0.39, 0.29) is 0 Å². The molecule has 0 aliphatic heterocycles. The van der Waals surface area contributed by atoms with E-state index in [0.717, 1.165) is 17.5 Å². The summed E-state index contributed by atoms with van der Waals surface area (Å²) in [6.45, 7) is 8.51. The summed E-state index contributed by atoms with van der Waals surface area (Å²) in [4.78, 5) is 0. The van der Waals surface area contributed by atoms with Crippen LogP contribution in [-0.2, 0) is 0 Å². The van der Waals surface area contributed by atoms with Crippen LogP contribution in [0.15, 0.2) is 18.2 Å². The lowest BCUT2D eigenvalue weighted by atomic mass is 9.92. The van der Waals surface area contributed by atoms with Crippen molar-refractivity contribution in [1.82, 2.24) is 0 Å². The summed E-state index contributed by atoms with van der Waals surface area (Å²) in [5, 5.41) is 10.1. The standard InChI is InChI=1S/C13H20O/c1-5-10(4)12-8-6-7-11(9(2)3)13(12)14/h6-10,14H,5H2,1-4H3/t10-/m1/s1. The predicted octanol–water partition coefficient (Wildman–Crippen LogP) is 4.03. The number of benzene rings is 1. The first-order valence-corrected chi connectivity index (χ1v) is 5.39. The first-order valence-electron chi connectivity index (χ1n) is 5.39. The van der Waals surface area contributed by atoms with E-state index in [9.17, 15) is 5.11 Å². The lowest BCUT2D eigenvalue weighted by Crippen LogP contribution is -1.96. The van der Waals surface area contributed by atoms with Crippen LogP contribution < -0.4 is 0 Å². The Labute approximate surface area is 86.8 Å². The van der Waals surface area contributed by atoms with Crippen molar-refractivity contribution < 1.29 is 5.11 Å². The van der Waals surface area contributed by atoms with Gasteiger partial charge in [0.15, 0.2) is 0 Å². The van der Waals surface area contributed by atoms with Crippen LogP contribution in [0.5, 0.6) is 5.75 Å². The summed E-state index contributed by atoms with van der Waals surface area (Å²) in [5.41, 5.74) is 2.14. The smallest absolute Gasteiger partial charge is 0.122 e. The molecule has 1 atom stereocenters. The molecule has 0 heterocycles. The fourth-order valence-electron chi connectivity index (χ4n) is 1.66. The first kappa shape index (κ1) is 11.1. The molecule has 0 aliphatic rings. The van der Waals surface area contributed by atoms with Crippen molar-refractivity contribution >= 4 is 0 Å². The van der Waals surface area contributed by atoms with Gasteiger partial charge in [0.2, 0.25) is 0 Å². The Balaban J connectivity index is 3.13. The molecule has 0 saturated carbocycles. The Morgan fingerprint density at radius 1 is 1.14 bits per heavy atom. The Hall–Kier alpha value is -0.980. The van der Waals surface area contributed by atoms with E-state index < -0.39 is 0 Å². The van der Waals surface area contributed by atoms with Crippen LogP contribution in [-0.4, -0.2) is 5.11 Å². The van der Waals surface area contributed by atoms with Gasteiger partial charge in [0.05, 0.1) is 0 Å². The molecule has 14 heavy (non-hydrogen) atoms. The lowest BCUT2D eigenvalue weighted by molar-refractivity contribution is 0.452.